The molecule has 4 N–H and O–H groups in total. The molecule has 0 atom stereocenters. The number of ether oxygens (including phenoxy) is 1. The number of nitrogens with zero attached hydrogens (tertiary/aromatic N) is 1. The Morgan fingerprint density at radius 1 is 1.38 bits per heavy atom. The van der Waals surface area contributed by atoms with Crippen molar-refractivity contribution in [1.29, 1.82) is 0 Å². The first kappa shape index (κ1) is 11.7. The zero-order valence-electron chi connectivity index (χ0n) is 8.03. The summed E-state index contributed by atoms with van der Waals surface area (Å²) in [5.41, 5.74) is 4.19. The van der Waals surface area contributed by atoms with E-state index < -0.39 is 17.6 Å². The van der Waals surface area contributed by atoms with Crippen molar-refractivity contribution in [2.75, 3.05) is 6.54 Å². The fourth-order valence-electron chi connectivity index (χ4n) is 0.553. The van der Waals surface area contributed by atoms with Crippen LogP contribution in [-0.4, -0.2) is 29.2 Å². The Morgan fingerprint density at radius 2 is 1.85 bits per heavy atom. The predicted octanol–water partition coefficient (Wildman–Crippen LogP) is -0.417. The van der Waals surface area contributed by atoms with Crippen LogP contribution < -0.4 is 11.6 Å². The van der Waals surface area contributed by atoms with Crippen molar-refractivity contribution >= 4 is 12.0 Å². The first-order valence-corrected chi connectivity index (χ1v) is 3.76. The van der Waals surface area contributed by atoms with Gasteiger partial charge in [-0.25, -0.2) is 15.6 Å². The van der Waals surface area contributed by atoms with Crippen LogP contribution in [0.1, 0.15) is 20.8 Å². The minimum Gasteiger partial charge on any atom is -0.443 e. The van der Waals surface area contributed by atoms with Gasteiger partial charge in [-0.3, -0.25) is 4.79 Å². The molecule has 0 spiro atoms. The lowest BCUT2D eigenvalue weighted by atomic mass is 10.2. The van der Waals surface area contributed by atoms with Crippen molar-refractivity contribution in [3.8, 4) is 0 Å². The van der Waals surface area contributed by atoms with Crippen LogP contribution in [0, 0.1) is 0 Å². The molecule has 0 saturated carbocycles. The van der Waals surface area contributed by atoms with Gasteiger partial charge < -0.3 is 10.5 Å². The lowest BCUT2D eigenvalue weighted by Crippen LogP contribution is -2.45. The van der Waals surface area contributed by atoms with Crippen LogP contribution >= 0.6 is 0 Å². The molecule has 0 fully saturated rings. The van der Waals surface area contributed by atoms with E-state index in [-0.39, 0.29) is 6.54 Å². The average molecular weight is 189 g/mol. The monoisotopic (exact) mass is 189 g/mol. The summed E-state index contributed by atoms with van der Waals surface area (Å²) in [6, 6.07) is 0. The van der Waals surface area contributed by atoms with Gasteiger partial charge in [-0.05, 0) is 20.8 Å². The van der Waals surface area contributed by atoms with E-state index in [4.69, 9.17) is 16.3 Å². The number of hydrogen-bond acceptors (Lipinski definition) is 4. The highest BCUT2D eigenvalue weighted by Crippen LogP contribution is 2.07. The van der Waals surface area contributed by atoms with Crippen LogP contribution in [-0.2, 0) is 9.53 Å². The maximum absolute atomic E-state index is 11.1. The molecule has 0 bridgehead atoms. The van der Waals surface area contributed by atoms with E-state index in [0.29, 0.717) is 5.01 Å². The van der Waals surface area contributed by atoms with Gasteiger partial charge in [0, 0.05) is 0 Å². The third kappa shape index (κ3) is 5.92. The van der Waals surface area contributed by atoms with E-state index >= 15 is 0 Å². The van der Waals surface area contributed by atoms with Gasteiger partial charge in [0.05, 0.1) is 0 Å². The molecule has 0 radical (unpaired) electrons. The number of carbonyl (C=O) groups excluding carboxylic acids is 2. The summed E-state index contributed by atoms with van der Waals surface area (Å²) < 4.78 is 4.85. The molecule has 0 saturated heterocycles. The highest BCUT2D eigenvalue weighted by atomic mass is 16.6. The number of hydrogen-bond donors (Lipinski definition) is 2. The molecule has 0 aromatic carbocycles. The minimum atomic E-state index is -0.772. The maximum Gasteiger partial charge on any atom is 0.425 e. The highest BCUT2D eigenvalue weighted by Gasteiger charge is 2.20. The van der Waals surface area contributed by atoms with E-state index in [1.807, 2.05) is 0 Å². The summed E-state index contributed by atoms with van der Waals surface area (Å²) in [6.45, 7) is 4.74. The van der Waals surface area contributed by atoms with Gasteiger partial charge in [0.15, 0.2) is 0 Å². The summed E-state index contributed by atoms with van der Waals surface area (Å²) in [4.78, 5) is 21.4. The molecule has 0 rings (SSSR count). The standard InChI is InChI=1S/C7H15N3O3/c1-7(2,3)13-6(12)10(9)4-5(8)11/h4,9H2,1-3H3,(H2,8,11). The van der Waals surface area contributed by atoms with Crippen LogP contribution in [0.3, 0.4) is 0 Å². The zero-order valence-corrected chi connectivity index (χ0v) is 8.03. The molecule has 6 heteroatoms. The van der Waals surface area contributed by atoms with Crippen LogP contribution in [0.2, 0.25) is 0 Å². The number of primary amides is 1. The van der Waals surface area contributed by atoms with Crippen molar-refractivity contribution in [2.24, 2.45) is 11.6 Å². The summed E-state index contributed by atoms with van der Waals surface area (Å²) in [5.74, 6) is 4.50. The summed E-state index contributed by atoms with van der Waals surface area (Å²) in [5, 5.41) is 0.633. The molecular weight excluding hydrogens is 174 g/mol. The molecule has 0 aliphatic rings. The molecule has 0 aliphatic heterocycles. The normalized spacial score (nSPS) is 10.8. The molecule has 2 amide bonds. The Balaban J connectivity index is 4.05. The maximum atomic E-state index is 11.1. The van der Waals surface area contributed by atoms with Gasteiger partial charge in [0.2, 0.25) is 5.91 Å². The van der Waals surface area contributed by atoms with Crippen molar-refractivity contribution in [3.63, 3.8) is 0 Å². The zero-order chi connectivity index (χ0) is 10.6. The van der Waals surface area contributed by atoms with Crippen LogP contribution in [0.15, 0.2) is 0 Å². The van der Waals surface area contributed by atoms with E-state index in [2.05, 4.69) is 0 Å². The number of rotatable bonds is 2. The van der Waals surface area contributed by atoms with E-state index in [1.165, 1.54) is 0 Å². The molecule has 0 aromatic heterocycles. The number of amides is 2. The predicted molar refractivity (Wildman–Crippen MR) is 46.3 cm³/mol. The van der Waals surface area contributed by atoms with Crippen LogP contribution in [0.25, 0.3) is 0 Å². The number of hydrazine groups is 1. The highest BCUT2D eigenvalue weighted by molar-refractivity contribution is 5.80. The third-order valence-corrected chi connectivity index (χ3v) is 0.954. The first-order chi connectivity index (χ1) is 5.72. The topological polar surface area (TPSA) is 98.7 Å². The quantitative estimate of drug-likeness (QED) is 0.350. The second-order valence-electron chi connectivity index (χ2n) is 3.57. The Hall–Kier alpha value is -1.30. The average Bonchev–Trinajstić information content (AvgIpc) is 1.81. The van der Waals surface area contributed by atoms with Gasteiger partial charge >= 0.3 is 6.09 Å². The van der Waals surface area contributed by atoms with Crippen molar-refractivity contribution in [2.45, 2.75) is 26.4 Å². The SMILES string of the molecule is CC(C)(C)OC(=O)N(N)CC(N)=O. The second-order valence-corrected chi connectivity index (χ2v) is 3.57. The van der Waals surface area contributed by atoms with Crippen molar-refractivity contribution in [3.05, 3.63) is 0 Å². The molecule has 76 valence electrons. The first-order valence-electron chi connectivity index (χ1n) is 3.76. The third-order valence-electron chi connectivity index (χ3n) is 0.954. The summed E-state index contributed by atoms with van der Waals surface area (Å²) >= 11 is 0. The molecule has 0 aromatic rings. The molecular formula is C7H15N3O3. The molecule has 6 nitrogen and oxygen atoms in total. The summed E-state index contributed by atoms with van der Waals surface area (Å²) in [6.07, 6.45) is -0.772. The fraction of sp³-hybridized carbons (Fsp3) is 0.714. The largest absolute Gasteiger partial charge is 0.443 e. The number of nitrogens with two attached hydrogens (primary N) is 2. The van der Waals surface area contributed by atoms with Gasteiger partial charge in [0.25, 0.3) is 0 Å². The Morgan fingerprint density at radius 3 is 2.15 bits per heavy atom. The number of carbonyl (C=O) groups is 2. The van der Waals surface area contributed by atoms with E-state index in [9.17, 15) is 9.59 Å². The van der Waals surface area contributed by atoms with Gasteiger partial charge in [-0.2, -0.15) is 0 Å². The lowest BCUT2D eigenvalue weighted by Gasteiger charge is -2.23. The second kappa shape index (κ2) is 4.08. The Kier molecular flexibility index (Phi) is 3.68. The Labute approximate surface area is 76.8 Å². The lowest BCUT2D eigenvalue weighted by molar-refractivity contribution is -0.119. The fourth-order valence-corrected chi connectivity index (χ4v) is 0.553. The smallest absolute Gasteiger partial charge is 0.425 e. The molecule has 0 aliphatic carbocycles. The van der Waals surface area contributed by atoms with Crippen molar-refractivity contribution in [1.82, 2.24) is 5.01 Å². The van der Waals surface area contributed by atoms with Gasteiger partial charge in [-0.1, -0.05) is 0 Å². The minimum absolute atomic E-state index is 0.352. The molecule has 13 heavy (non-hydrogen) atoms. The van der Waals surface area contributed by atoms with E-state index in [0.717, 1.165) is 0 Å². The van der Waals surface area contributed by atoms with E-state index in [1.54, 1.807) is 20.8 Å². The van der Waals surface area contributed by atoms with Crippen LogP contribution in [0.4, 0.5) is 4.79 Å². The van der Waals surface area contributed by atoms with Crippen LogP contribution in [0.5, 0.6) is 0 Å². The molecule has 0 unspecified atom stereocenters. The van der Waals surface area contributed by atoms with Gasteiger partial charge in [-0.15, -0.1) is 0 Å². The van der Waals surface area contributed by atoms with Crippen molar-refractivity contribution < 1.29 is 14.3 Å². The van der Waals surface area contributed by atoms with Gasteiger partial charge in [0.1, 0.15) is 12.1 Å². The molecule has 0 heterocycles. The summed E-state index contributed by atoms with van der Waals surface area (Å²) in [7, 11) is 0. The Bertz CT molecular complexity index is 210.